The molecule has 0 atom stereocenters. The zero-order valence-electron chi connectivity index (χ0n) is 10.7. The highest BCUT2D eigenvalue weighted by atomic mass is 35.5. The second-order valence-corrected chi connectivity index (χ2v) is 5.73. The number of halogens is 2. The van der Waals surface area contributed by atoms with Gasteiger partial charge in [0.25, 0.3) is 0 Å². The second kappa shape index (κ2) is 5.59. The van der Waals surface area contributed by atoms with E-state index in [9.17, 15) is 9.90 Å². The van der Waals surface area contributed by atoms with Crippen molar-refractivity contribution in [3.05, 3.63) is 27.7 Å². The van der Waals surface area contributed by atoms with Crippen molar-refractivity contribution in [1.29, 1.82) is 0 Å². The van der Waals surface area contributed by atoms with Crippen molar-refractivity contribution >= 4 is 29.2 Å². The maximum Gasteiger partial charge on any atom is 0.314 e. The van der Waals surface area contributed by atoms with E-state index >= 15 is 0 Å². The number of carbonyl (C=O) groups is 1. The van der Waals surface area contributed by atoms with Gasteiger partial charge in [0.15, 0.2) is 0 Å². The highest BCUT2D eigenvalue weighted by Crippen LogP contribution is 2.45. The van der Waals surface area contributed by atoms with E-state index in [0.717, 1.165) is 19.3 Å². The summed E-state index contributed by atoms with van der Waals surface area (Å²) in [6, 6.07) is 3.24. The smallest absolute Gasteiger partial charge is 0.314 e. The van der Waals surface area contributed by atoms with E-state index in [1.54, 1.807) is 12.1 Å². The predicted molar refractivity (Wildman–Crippen MR) is 75.4 cm³/mol. The van der Waals surface area contributed by atoms with Gasteiger partial charge in [-0.2, -0.15) is 0 Å². The molecule has 0 aromatic heterocycles. The van der Waals surface area contributed by atoms with Crippen molar-refractivity contribution in [1.82, 2.24) is 0 Å². The summed E-state index contributed by atoms with van der Waals surface area (Å²) in [4.78, 5) is 11.8. The molecule has 0 amide bonds. The van der Waals surface area contributed by atoms with Gasteiger partial charge in [-0.1, -0.05) is 42.5 Å². The topological polar surface area (TPSA) is 46.5 Å². The Balaban J connectivity index is 2.54. The van der Waals surface area contributed by atoms with Gasteiger partial charge in [-0.05, 0) is 24.5 Å². The van der Waals surface area contributed by atoms with Gasteiger partial charge in [0.2, 0.25) is 0 Å². The summed E-state index contributed by atoms with van der Waals surface area (Å²) in [5.41, 5.74) is -0.308. The Morgan fingerprint density at radius 3 is 2.37 bits per heavy atom. The van der Waals surface area contributed by atoms with Crippen molar-refractivity contribution in [3.63, 3.8) is 0 Å². The van der Waals surface area contributed by atoms with Gasteiger partial charge in [-0.25, -0.2) is 0 Å². The molecule has 3 nitrogen and oxygen atoms in total. The Hall–Kier alpha value is -0.930. The Kier molecular flexibility index (Phi) is 4.26. The van der Waals surface area contributed by atoms with E-state index in [2.05, 4.69) is 0 Å². The minimum absolute atomic E-state index is 0.396. The van der Waals surface area contributed by atoms with Crippen LogP contribution in [0.1, 0.15) is 37.7 Å². The van der Waals surface area contributed by atoms with Crippen LogP contribution in [0.3, 0.4) is 0 Å². The summed E-state index contributed by atoms with van der Waals surface area (Å²) in [5, 5.41) is 10.5. The summed E-state index contributed by atoms with van der Waals surface area (Å²) in [6.45, 7) is 0. The molecule has 1 N–H and O–H groups in total. The Morgan fingerprint density at radius 2 is 1.84 bits per heavy atom. The molecule has 0 saturated heterocycles. The third-order valence-electron chi connectivity index (χ3n) is 3.87. The molecule has 1 aromatic rings. The van der Waals surface area contributed by atoms with Crippen molar-refractivity contribution in [2.75, 3.05) is 7.11 Å². The monoisotopic (exact) mass is 302 g/mol. The van der Waals surface area contributed by atoms with Gasteiger partial charge in [-0.15, -0.1) is 0 Å². The van der Waals surface area contributed by atoms with Crippen LogP contribution in [0.4, 0.5) is 0 Å². The third-order valence-corrected chi connectivity index (χ3v) is 4.48. The molecule has 1 aliphatic rings. The third kappa shape index (κ3) is 2.54. The van der Waals surface area contributed by atoms with Crippen LogP contribution in [-0.4, -0.2) is 18.2 Å². The molecule has 1 aromatic carbocycles. The molecule has 2 rings (SSSR count). The quantitative estimate of drug-likeness (QED) is 0.906. The lowest BCUT2D eigenvalue weighted by molar-refractivity contribution is -0.145. The van der Waals surface area contributed by atoms with Crippen LogP contribution < -0.4 is 4.74 Å². The first-order valence-corrected chi connectivity index (χ1v) is 7.04. The number of hydrogen-bond donors (Lipinski definition) is 1. The first kappa shape index (κ1) is 14.5. The SMILES string of the molecule is COc1cc(Cl)c(C2(C(=O)O)CCCCC2)cc1Cl. The van der Waals surface area contributed by atoms with Crippen molar-refractivity contribution < 1.29 is 14.6 Å². The van der Waals surface area contributed by atoms with Gasteiger partial charge in [0, 0.05) is 11.1 Å². The first-order valence-electron chi connectivity index (χ1n) is 6.28. The summed E-state index contributed by atoms with van der Waals surface area (Å²) in [7, 11) is 1.50. The maximum absolute atomic E-state index is 11.8. The van der Waals surface area contributed by atoms with Crippen LogP contribution in [0, 0.1) is 0 Å². The maximum atomic E-state index is 11.8. The number of benzene rings is 1. The molecule has 0 bridgehead atoms. The first-order chi connectivity index (χ1) is 9.01. The van der Waals surface area contributed by atoms with Gasteiger partial charge in [0.05, 0.1) is 17.5 Å². The number of carboxylic acids is 1. The van der Waals surface area contributed by atoms with E-state index in [-0.39, 0.29) is 0 Å². The van der Waals surface area contributed by atoms with E-state index in [1.807, 2.05) is 0 Å². The van der Waals surface area contributed by atoms with Crippen molar-refractivity contribution in [3.8, 4) is 5.75 Å². The molecule has 0 radical (unpaired) electrons. The molecule has 1 aliphatic carbocycles. The Bertz CT molecular complexity index is 494. The lowest BCUT2D eigenvalue weighted by atomic mass is 9.69. The molecular formula is C14H16Cl2O3. The average Bonchev–Trinajstić information content (AvgIpc) is 2.41. The number of ether oxygens (including phenoxy) is 1. The van der Waals surface area contributed by atoms with Crippen LogP contribution in [0.25, 0.3) is 0 Å². The minimum Gasteiger partial charge on any atom is -0.495 e. The number of carboxylic acid groups (broad SMARTS) is 1. The van der Waals surface area contributed by atoms with Gasteiger partial charge < -0.3 is 9.84 Å². The van der Waals surface area contributed by atoms with Crippen LogP contribution >= 0.6 is 23.2 Å². The standard InChI is InChI=1S/C14H16Cl2O3/c1-19-12-8-10(15)9(7-11(12)16)14(13(17)18)5-3-2-4-6-14/h7-8H,2-6H2,1H3,(H,17,18). The number of methoxy groups -OCH3 is 1. The van der Waals surface area contributed by atoms with E-state index in [0.29, 0.717) is 34.2 Å². The fraction of sp³-hybridized carbons (Fsp3) is 0.500. The predicted octanol–water partition coefficient (Wildman–Crippen LogP) is 4.29. The molecule has 104 valence electrons. The fourth-order valence-electron chi connectivity index (χ4n) is 2.81. The summed E-state index contributed by atoms with van der Waals surface area (Å²) in [5.74, 6) is -0.359. The van der Waals surface area contributed by atoms with Crippen LogP contribution in [0.5, 0.6) is 5.75 Å². The van der Waals surface area contributed by atoms with E-state index in [1.165, 1.54) is 7.11 Å². The fourth-order valence-corrected chi connectivity index (χ4v) is 3.38. The minimum atomic E-state index is -0.911. The number of hydrogen-bond acceptors (Lipinski definition) is 2. The van der Waals surface area contributed by atoms with E-state index in [4.69, 9.17) is 27.9 Å². The zero-order valence-corrected chi connectivity index (χ0v) is 12.2. The summed E-state index contributed by atoms with van der Waals surface area (Å²) in [6.07, 6.45) is 4.06. The molecular weight excluding hydrogens is 287 g/mol. The molecule has 19 heavy (non-hydrogen) atoms. The van der Waals surface area contributed by atoms with Crippen LogP contribution in [0.2, 0.25) is 10.0 Å². The number of rotatable bonds is 3. The number of aliphatic carboxylic acids is 1. The van der Waals surface area contributed by atoms with Gasteiger partial charge in [-0.3, -0.25) is 4.79 Å². The lowest BCUT2D eigenvalue weighted by Gasteiger charge is -2.34. The van der Waals surface area contributed by atoms with Crippen molar-refractivity contribution in [2.45, 2.75) is 37.5 Å². The Labute approximate surface area is 122 Å². The van der Waals surface area contributed by atoms with Gasteiger partial charge in [0.1, 0.15) is 5.75 Å². The summed E-state index contributed by atoms with van der Waals surface area (Å²) < 4.78 is 5.10. The van der Waals surface area contributed by atoms with Crippen LogP contribution in [0.15, 0.2) is 12.1 Å². The zero-order chi connectivity index (χ0) is 14.0. The molecule has 0 heterocycles. The molecule has 0 unspecified atom stereocenters. The van der Waals surface area contributed by atoms with Crippen LogP contribution in [-0.2, 0) is 10.2 Å². The second-order valence-electron chi connectivity index (χ2n) is 4.91. The molecule has 0 aliphatic heterocycles. The van der Waals surface area contributed by atoms with Crippen molar-refractivity contribution in [2.24, 2.45) is 0 Å². The largest absolute Gasteiger partial charge is 0.495 e. The highest BCUT2D eigenvalue weighted by Gasteiger charge is 2.43. The molecule has 5 heteroatoms. The van der Waals surface area contributed by atoms with E-state index < -0.39 is 11.4 Å². The van der Waals surface area contributed by atoms with Gasteiger partial charge >= 0.3 is 5.97 Å². The molecule has 1 fully saturated rings. The Morgan fingerprint density at radius 1 is 1.21 bits per heavy atom. The lowest BCUT2D eigenvalue weighted by Crippen LogP contribution is -2.38. The highest BCUT2D eigenvalue weighted by molar-refractivity contribution is 6.35. The molecule has 0 spiro atoms. The normalized spacial score (nSPS) is 18.1. The average molecular weight is 303 g/mol. The molecule has 1 saturated carbocycles. The summed E-state index contributed by atoms with van der Waals surface area (Å²) >= 11 is 12.4.